The molecule has 0 fully saturated rings. The zero-order valence-corrected chi connectivity index (χ0v) is 14.7. The Morgan fingerprint density at radius 3 is 0.857 bits per heavy atom. The van der Waals surface area contributed by atoms with Crippen LogP contribution in [0.3, 0.4) is 0 Å². The molecule has 12 heteroatoms. The van der Waals surface area contributed by atoms with Crippen LogP contribution in [0.25, 0.3) is 0 Å². The van der Waals surface area contributed by atoms with Crippen molar-refractivity contribution in [3.05, 3.63) is 0 Å². The van der Waals surface area contributed by atoms with Crippen LogP contribution in [-0.2, 0) is 61.5 Å². The van der Waals surface area contributed by atoms with Gasteiger partial charge in [0, 0.05) is 0 Å². The monoisotopic (exact) mass is 436 g/mol. The van der Waals surface area contributed by atoms with Crippen molar-refractivity contribution in [2.45, 2.75) is 0 Å². The predicted octanol–water partition coefficient (Wildman–Crippen LogP) is -1.81. The molecular weight excluding hydrogens is 435 g/mol. The maximum absolute atomic E-state index is 9.34. The maximum Gasteiger partial charge on any atom is 2.00 e. The largest absolute Gasteiger partial charge is 2.00 e. The van der Waals surface area contributed by atoms with E-state index in [4.69, 9.17) is 0 Å². The topological polar surface area (TPSA) is 126 Å². The second-order valence-electron chi connectivity index (χ2n) is 1.46. The molecule has 0 bridgehead atoms. The first-order valence-corrected chi connectivity index (χ1v) is 6.79. The van der Waals surface area contributed by atoms with Crippen molar-refractivity contribution in [2.75, 3.05) is 11.2 Å². The minimum absolute atomic E-state index is 0. The Hall–Kier alpha value is 2.65. The van der Waals surface area contributed by atoms with Gasteiger partial charge in [0.05, 0.1) is 11.2 Å². The zero-order valence-electron chi connectivity index (χ0n) is 6.51. The fraction of sp³-hybridized carbons (Fsp3) is 1.00. The summed E-state index contributed by atoms with van der Waals surface area (Å²) in [6.07, 6.45) is 0. The molecular formula is C2H4Cl2O6P2Zr2. The van der Waals surface area contributed by atoms with Crippen LogP contribution in [0.2, 0.25) is 0 Å². The first kappa shape index (κ1) is 25.5. The van der Waals surface area contributed by atoms with Crippen LogP contribution in [0, 0.1) is 0 Å². The Morgan fingerprint density at radius 2 is 0.857 bits per heavy atom. The van der Waals surface area contributed by atoms with Crippen LogP contribution >= 0.6 is 38.4 Å². The molecule has 0 aliphatic heterocycles. The summed E-state index contributed by atoms with van der Waals surface area (Å²) in [7, 11) is -8.76. The van der Waals surface area contributed by atoms with Crippen molar-refractivity contribution in [1.29, 1.82) is 0 Å². The number of halogens is 2. The van der Waals surface area contributed by atoms with Gasteiger partial charge in [0.15, 0.2) is 0 Å². The Kier molecular flexibility index (Phi) is 22.0. The van der Waals surface area contributed by atoms with Gasteiger partial charge in [-0.1, -0.05) is 15.2 Å². The van der Waals surface area contributed by atoms with Gasteiger partial charge in [-0.15, -0.1) is 23.2 Å². The van der Waals surface area contributed by atoms with E-state index in [2.05, 4.69) is 23.2 Å². The molecule has 0 atom stereocenters. The summed E-state index contributed by atoms with van der Waals surface area (Å²) in [4.78, 5) is 37.4. The minimum atomic E-state index is -4.38. The first-order valence-electron chi connectivity index (χ1n) is 2.26. The van der Waals surface area contributed by atoms with Crippen molar-refractivity contribution in [3.63, 3.8) is 0 Å². The standard InChI is InChI=1S/2CH4ClO3P.2Zr/c2*2-1-6(3,4)5;;/h2*1H2,(H2,3,4,5);;/q;;2*+2/p-4. The van der Waals surface area contributed by atoms with E-state index < -0.39 is 26.4 Å². The zero-order chi connectivity index (χ0) is 10.4. The van der Waals surface area contributed by atoms with Crippen LogP contribution in [-0.4, -0.2) is 11.2 Å². The van der Waals surface area contributed by atoms with Crippen molar-refractivity contribution in [2.24, 2.45) is 0 Å². The summed E-state index contributed by atoms with van der Waals surface area (Å²) in [5, 5.41) is 0. The van der Waals surface area contributed by atoms with Gasteiger partial charge in [-0.2, -0.15) is 0 Å². The number of alkyl halides is 2. The quantitative estimate of drug-likeness (QED) is 0.369. The molecule has 0 aromatic rings. The average Bonchev–Trinajstić information content (AvgIpc) is 1.86. The van der Waals surface area contributed by atoms with Crippen LogP contribution in [0.1, 0.15) is 0 Å². The third kappa shape index (κ3) is 36.5. The summed E-state index contributed by atoms with van der Waals surface area (Å²) >= 11 is 9.18. The molecule has 80 valence electrons. The normalized spacial score (nSPS) is 10.1. The van der Waals surface area contributed by atoms with Crippen LogP contribution in [0.4, 0.5) is 0 Å². The van der Waals surface area contributed by atoms with E-state index >= 15 is 0 Å². The summed E-state index contributed by atoms with van der Waals surface area (Å²) in [5.41, 5.74) is -1.62. The van der Waals surface area contributed by atoms with E-state index in [1.807, 2.05) is 0 Å². The fourth-order valence-corrected chi connectivity index (χ4v) is 0. The molecule has 6 nitrogen and oxygen atoms in total. The van der Waals surface area contributed by atoms with Gasteiger partial charge in [0.2, 0.25) is 0 Å². The van der Waals surface area contributed by atoms with E-state index in [1.54, 1.807) is 0 Å². The van der Waals surface area contributed by atoms with Gasteiger partial charge in [-0.3, -0.25) is 0 Å². The smallest absolute Gasteiger partial charge is 0.810 e. The summed E-state index contributed by atoms with van der Waals surface area (Å²) < 4.78 is 18.7. The summed E-state index contributed by atoms with van der Waals surface area (Å²) in [6.45, 7) is 0. The summed E-state index contributed by atoms with van der Waals surface area (Å²) in [5.74, 6) is 0. The molecule has 0 saturated carbocycles. The van der Waals surface area contributed by atoms with Crippen LogP contribution in [0.15, 0.2) is 0 Å². The maximum atomic E-state index is 9.34. The Balaban J connectivity index is -0.0000000625. The van der Waals surface area contributed by atoms with E-state index in [0.29, 0.717) is 0 Å². The molecule has 0 amide bonds. The van der Waals surface area contributed by atoms with Crippen molar-refractivity contribution in [3.8, 4) is 0 Å². The number of hydrogen-bond acceptors (Lipinski definition) is 6. The molecule has 0 rings (SSSR count). The van der Waals surface area contributed by atoms with Gasteiger partial charge >= 0.3 is 52.4 Å². The fourth-order valence-electron chi connectivity index (χ4n) is 0. The molecule has 0 spiro atoms. The van der Waals surface area contributed by atoms with Crippen molar-refractivity contribution < 1.29 is 81.1 Å². The van der Waals surface area contributed by atoms with Crippen molar-refractivity contribution in [1.82, 2.24) is 0 Å². The molecule has 0 heterocycles. The van der Waals surface area contributed by atoms with Gasteiger partial charge in [0.1, 0.15) is 0 Å². The van der Waals surface area contributed by atoms with Crippen molar-refractivity contribution >= 4 is 38.4 Å². The second kappa shape index (κ2) is 12.1. The molecule has 0 radical (unpaired) electrons. The number of rotatable bonds is 2. The van der Waals surface area contributed by atoms with Crippen LogP contribution in [0.5, 0.6) is 0 Å². The number of hydrogen-bond donors (Lipinski definition) is 0. The Bertz CT molecular complexity index is 180. The van der Waals surface area contributed by atoms with Gasteiger partial charge < -0.3 is 28.7 Å². The molecule has 0 unspecified atom stereocenters. The second-order valence-corrected chi connectivity index (χ2v) is 5.82. The molecule has 0 aromatic heterocycles. The molecule has 0 N–H and O–H groups in total. The van der Waals surface area contributed by atoms with Crippen LogP contribution < -0.4 is 19.6 Å². The molecule has 14 heavy (non-hydrogen) atoms. The predicted molar refractivity (Wildman–Crippen MR) is 36.7 cm³/mol. The van der Waals surface area contributed by atoms with E-state index in [-0.39, 0.29) is 52.4 Å². The van der Waals surface area contributed by atoms with Gasteiger partial charge in [-0.05, 0) is 0 Å². The van der Waals surface area contributed by atoms with Gasteiger partial charge in [-0.25, -0.2) is 0 Å². The molecule has 0 aliphatic rings. The van der Waals surface area contributed by atoms with E-state index in [1.165, 1.54) is 0 Å². The Morgan fingerprint density at radius 1 is 0.786 bits per heavy atom. The molecule has 0 saturated heterocycles. The molecule has 0 aromatic carbocycles. The first-order chi connectivity index (χ1) is 5.12. The summed E-state index contributed by atoms with van der Waals surface area (Å²) in [6, 6.07) is 0. The van der Waals surface area contributed by atoms with E-state index in [9.17, 15) is 28.7 Å². The molecule has 0 aliphatic carbocycles. The average molecular weight is 439 g/mol. The SMILES string of the molecule is O=P([O-])([O-])CCl.O=P([O-])([O-])CCl.[Zr+2].[Zr+2]. The third-order valence-corrected chi connectivity index (χ3v) is 2.63. The third-order valence-electron chi connectivity index (χ3n) is 0.293. The van der Waals surface area contributed by atoms with E-state index in [0.717, 1.165) is 0 Å². The van der Waals surface area contributed by atoms with Gasteiger partial charge in [0.25, 0.3) is 0 Å². The Labute approximate surface area is 129 Å². The minimum Gasteiger partial charge on any atom is -0.810 e.